The minimum Gasteiger partial charge on any atom is -0.468 e. The number of anilines is 1. The zero-order valence-corrected chi connectivity index (χ0v) is 15.2. The van der Waals surface area contributed by atoms with Crippen LogP contribution in [0.5, 0.6) is 5.88 Å². The number of fused-ring (bicyclic) bond motifs is 1. The Morgan fingerprint density at radius 3 is 2.63 bits per heavy atom. The van der Waals surface area contributed by atoms with Gasteiger partial charge in [0.1, 0.15) is 5.65 Å². The van der Waals surface area contributed by atoms with E-state index in [1.165, 1.54) is 29.0 Å². The number of carbonyl (C=O) groups is 1. The predicted octanol–water partition coefficient (Wildman–Crippen LogP) is 2.01. The average Bonchev–Trinajstić information content (AvgIpc) is 3.51. The van der Waals surface area contributed by atoms with Crippen LogP contribution in [0.15, 0.2) is 40.2 Å². The third kappa shape index (κ3) is 4.16. The van der Waals surface area contributed by atoms with Crippen LogP contribution in [0.1, 0.15) is 29.2 Å². The highest BCUT2D eigenvalue weighted by Crippen LogP contribution is 2.34. The van der Waals surface area contributed by atoms with Crippen LogP contribution in [0.3, 0.4) is 0 Å². The van der Waals surface area contributed by atoms with Gasteiger partial charge in [0, 0.05) is 18.3 Å². The average molecular weight is 421 g/mol. The van der Waals surface area contributed by atoms with Crippen LogP contribution in [0.4, 0.5) is 18.9 Å². The van der Waals surface area contributed by atoms with Crippen LogP contribution in [0.25, 0.3) is 11.0 Å². The van der Waals surface area contributed by atoms with Crippen LogP contribution >= 0.6 is 0 Å². The molecule has 3 aromatic heterocycles. The van der Waals surface area contributed by atoms with Crippen molar-refractivity contribution in [3.8, 4) is 5.88 Å². The molecule has 9 nitrogen and oxygen atoms in total. The van der Waals surface area contributed by atoms with Crippen molar-refractivity contribution in [3.05, 3.63) is 57.0 Å². The van der Waals surface area contributed by atoms with Gasteiger partial charge in [0.2, 0.25) is 5.88 Å². The number of alkyl halides is 3. The third-order valence-electron chi connectivity index (χ3n) is 4.33. The standard InChI is InChI=1S/C18H14F3N5O4/c19-18(20,21)8-30-13-4-1-10(7-22-13)24-15(27)9-5-12-14(23-6-9)26(11-2-3-11)17(29)25-16(12)28/h1,4-7,11H,2-3,8H2,(H,24,27)(H,25,28,29). The van der Waals surface area contributed by atoms with E-state index in [2.05, 4.69) is 25.0 Å². The van der Waals surface area contributed by atoms with E-state index in [-0.39, 0.29) is 34.2 Å². The van der Waals surface area contributed by atoms with E-state index in [9.17, 15) is 27.6 Å². The summed E-state index contributed by atoms with van der Waals surface area (Å²) >= 11 is 0. The fourth-order valence-electron chi connectivity index (χ4n) is 2.83. The van der Waals surface area contributed by atoms with Crippen LogP contribution in [0, 0.1) is 0 Å². The summed E-state index contributed by atoms with van der Waals surface area (Å²) in [5.74, 6) is -0.860. The lowest BCUT2D eigenvalue weighted by atomic mass is 10.2. The minimum atomic E-state index is -4.49. The molecule has 30 heavy (non-hydrogen) atoms. The van der Waals surface area contributed by atoms with Gasteiger partial charge in [0.25, 0.3) is 11.5 Å². The Hall–Kier alpha value is -3.70. The first-order chi connectivity index (χ1) is 14.2. The highest BCUT2D eigenvalue weighted by molar-refractivity contribution is 6.05. The number of aromatic nitrogens is 4. The quantitative estimate of drug-likeness (QED) is 0.651. The van der Waals surface area contributed by atoms with Crippen molar-refractivity contribution in [1.82, 2.24) is 19.5 Å². The molecule has 156 valence electrons. The Labute approximate surface area is 165 Å². The van der Waals surface area contributed by atoms with Crippen molar-refractivity contribution >= 4 is 22.6 Å². The molecule has 0 radical (unpaired) electrons. The molecule has 1 amide bonds. The molecule has 1 saturated carbocycles. The van der Waals surface area contributed by atoms with Crippen molar-refractivity contribution in [1.29, 1.82) is 0 Å². The number of rotatable bonds is 5. The van der Waals surface area contributed by atoms with Crippen molar-refractivity contribution in [2.24, 2.45) is 0 Å². The maximum atomic E-state index is 12.5. The first kappa shape index (κ1) is 19.6. The number of aromatic amines is 1. The number of nitrogens with zero attached hydrogens (tertiary/aromatic N) is 3. The molecular weight excluding hydrogens is 407 g/mol. The van der Waals surface area contributed by atoms with E-state index < -0.39 is 29.9 Å². The Morgan fingerprint density at radius 1 is 1.23 bits per heavy atom. The lowest BCUT2D eigenvalue weighted by Gasteiger charge is -2.10. The summed E-state index contributed by atoms with van der Waals surface area (Å²) in [5.41, 5.74) is -0.723. The van der Waals surface area contributed by atoms with Gasteiger partial charge in [-0.25, -0.2) is 14.8 Å². The van der Waals surface area contributed by atoms with Crippen molar-refractivity contribution in [2.75, 3.05) is 11.9 Å². The summed E-state index contributed by atoms with van der Waals surface area (Å²) in [6, 6.07) is 3.80. The van der Waals surface area contributed by atoms with Gasteiger partial charge in [-0.1, -0.05) is 0 Å². The molecule has 0 aromatic carbocycles. The van der Waals surface area contributed by atoms with Gasteiger partial charge in [-0.15, -0.1) is 0 Å². The molecule has 1 fully saturated rings. The van der Waals surface area contributed by atoms with Gasteiger partial charge in [0.15, 0.2) is 6.61 Å². The molecule has 0 aliphatic heterocycles. The molecule has 12 heteroatoms. The zero-order valence-electron chi connectivity index (χ0n) is 15.2. The van der Waals surface area contributed by atoms with E-state index >= 15 is 0 Å². The number of amides is 1. The van der Waals surface area contributed by atoms with Gasteiger partial charge in [0.05, 0.1) is 22.8 Å². The van der Waals surface area contributed by atoms with Gasteiger partial charge in [-0.2, -0.15) is 13.2 Å². The molecule has 0 unspecified atom stereocenters. The number of nitrogens with one attached hydrogen (secondary N) is 2. The van der Waals surface area contributed by atoms with Crippen LogP contribution in [0.2, 0.25) is 0 Å². The van der Waals surface area contributed by atoms with Crippen LogP contribution in [-0.4, -0.2) is 38.2 Å². The smallest absolute Gasteiger partial charge is 0.422 e. The first-order valence-electron chi connectivity index (χ1n) is 8.83. The normalized spacial score (nSPS) is 14.0. The number of hydrogen-bond acceptors (Lipinski definition) is 6. The second-order valence-electron chi connectivity index (χ2n) is 6.70. The Balaban J connectivity index is 1.54. The topological polar surface area (TPSA) is 119 Å². The number of hydrogen-bond donors (Lipinski definition) is 2. The maximum absolute atomic E-state index is 12.5. The lowest BCUT2D eigenvalue weighted by molar-refractivity contribution is -0.154. The molecule has 0 spiro atoms. The van der Waals surface area contributed by atoms with Crippen LogP contribution in [-0.2, 0) is 0 Å². The summed E-state index contributed by atoms with van der Waals surface area (Å²) in [6.45, 7) is -1.48. The fraction of sp³-hybridized carbons (Fsp3) is 0.278. The second-order valence-corrected chi connectivity index (χ2v) is 6.70. The summed E-state index contributed by atoms with van der Waals surface area (Å²) in [5, 5.41) is 2.60. The molecule has 2 N–H and O–H groups in total. The van der Waals surface area contributed by atoms with Gasteiger partial charge >= 0.3 is 11.9 Å². The molecule has 0 saturated heterocycles. The fourth-order valence-corrected chi connectivity index (χ4v) is 2.83. The first-order valence-corrected chi connectivity index (χ1v) is 8.83. The molecule has 1 aliphatic carbocycles. The molecule has 3 aromatic rings. The van der Waals surface area contributed by atoms with Crippen LogP contribution < -0.4 is 21.3 Å². The lowest BCUT2D eigenvalue weighted by Crippen LogP contribution is -2.30. The molecule has 1 aliphatic rings. The molecule has 0 atom stereocenters. The third-order valence-corrected chi connectivity index (χ3v) is 4.33. The second kappa shape index (κ2) is 7.28. The van der Waals surface area contributed by atoms with Gasteiger partial charge in [-0.05, 0) is 25.0 Å². The van der Waals surface area contributed by atoms with Gasteiger partial charge in [-0.3, -0.25) is 19.1 Å². The minimum absolute atomic E-state index is 0.0202. The van der Waals surface area contributed by atoms with E-state index in [0.29, 0.717) is 0 Å². The van der Waals surface area contributed by atoms with Crippen molar-refractivity contribution < 1.29 is 22.7 Å². The Kier molecular flexibility index (Phi) is 4.76. The van der Waals surface area contributed by atoms with E-state index in [1.807, 2.05) is 0 Å². The molecule has 0 bridgehead atoms. The number of halogens is 3. The summed E-state index contributed by atoms with van der Waals surface area (Å²) in [7, 11) is 0. The van der Waals surface area contributed by atoms with Gasteiger partial charge < -0.3 is 10.1 Å². The Bertz CT molecular complexity index is 1230. The Morgan fingerprint density at radius 2 is 2.00 bits per heavy atom. The van der Waals surface area contributed by atoms with E-state index in [0.717, 1.165) is 19.0 Å². The number of pyridine rings is 2. The summed E-state index contributed by atoms with van der Waals surface area (Å²) in [6.07, 6.45) is -0.499. The molecular formula is C18H14F3N5O4. The number of ether oxygens (including phenoxy) is 1. The van der Waals surface area contributed by atoms with Crippen molar-refractivity contribution in [3.63, 3.8) is 0 Å². The summed E-state index contributed by atoms with van der Waals surface area (Å²) in [4.78, 5) is 46.7. The van der Waals surface area contributed by atoms with E-state index in [1.54, 1.807) is 0 Å². The monoisotopic (exact) mass is 421 g/mol. The molecule has 3 heterocycles. The largest absolute Gasteiger partial charge is 0.468 e. The zero-order chi connectivity index (χ0) is 21.5. The summed E-state index contributed by atoms with van der Waals surface area (Å²) < 4.78 is 42.4. The number of H-pyrrole nitrogens is 1. The highest BCUT2D eigenvalue weighted by atomic mass is 19.4. The SMILES string of the molecule is O=C(Nc1ccc(OCC(F)(F)F)nc1)c1cnc2c(c1)c(=O)[nH]c(=O)n2C1CC1. The molecule has 4 rings (SSSR count). The van der Waals surface area contributed by atoms with E-state index in [4.69, 9.17) is 0 Å². The predicted molar refractivity (Wildman–Crippen MR) is 98.6 cm³/mol. The van der Waals surface area contributed by atoms with Crippen molar-refractivity contribution in [2.45, 2.75) is 25.1 Å². The highest BCUT2D eigenvalue weighted by Gasteiger charge is 2.29. The number of carbonyl (C=O) groups excluding carboxylic acids is 1. The maximum Gasteiger partial charge on any atom is 0.422 e.